The van der Waals surface area contributed by atoms with Crippen molar-refractivity contribution in [2.45, 2.75) is 55.4 Å². The van der Waals surface area contributed by atoms with Crippen molar-refractivity contribution in [2.75, 3.05) is 72.0 Å². The molecule has 0 unspecified atom stereocenters. The molecule has 4 aromatic carbocycles. The maximum atomic E-state index is 2.60. The SMILES string of the molecule is CCN(CC)c1cc(C(=C(c2ccccc2)c2ccccc2)c2ccccc2)c(N(CC)CC)c(N(CC)CC)c1N(CC)CC. The van der Waals surface area contributed by atoms with Crippen LogP contribution in [0.4, 0.5) is 22.7 Å². The molecule has 0 aliphatic heterocycles. The van der Waals surface area contributed by atoms with E-state index in [0.717, 1.165) is 52.4 Å². The summed E-state index contributed by atoms with van der Waals surface area (Å²) in [6.07, 6.45) is 0. The highest BCUT2D eigenvalue weighted by Crippen LogP contribution is 2.52. The molecule has 0 amide bonds. The van der Waals surface area contributed by atoms with Crippen LogP contribution in [0.3, 0.4) is 0 Å². The van der Waals surface area contributed by atoms with Gasteiger partial charge in [-0.05, 0) is 89.3 Å². The lowest BCUT2D eigenvalue weighted by Crippen LogP contribution is -2.35. The number of rotatable bonds is 16. The second-order valence-electron chi connectivity index (χ2n) is 11.5. The monoisotopic (exact) mass is 616 g/mol. The molecule has 0 N–H and O–H groups in total. The largest absolute Gasteiger partial charge is 0.370 e. The molecule has 46 heavy (non-hydrogen) atoms. The Hall–Kier alpha value is -4.18. The summed E-state index contributed by atoms with van der Waals surface area (Å²) in [5.41, 5.74) is 12.8. The van der Waals surface area contributed by atoms with Gasteiger partial charge in [0.05, 0.1) is 22.7 Å². The van der Waals surface area contributed by atoms with Crippen LogP contribution in [0, 0.1) is 0 Å². The molecule has 0 saturated heterocycles. The van der Waals surface area contributed by atoms with Crippen LogP contribution >= 0.6 is 0 Å². The first-order valence-electron chi connectivity index (χ1n) is 17.6. The summed E-state index contributed by atoms with van der Waals surface area (Å²) < 4.78 is 0. The fourth-order valence-electron chi connectivity index (χ4n) is 6.89. The number of nitrogens with zero attached hydrogens (tertiary/aromatic N) is 4. The smallest absolute Gasteiger partial charge is 0.0869 e. The summed E-state index contributed by atoms with van der Waals surface area (Å²) in [5.74, 6) is 0. The molecular formula is C42H56N4. The van der Waals surface area contributed by atoms with Gasteiger partial charge < -0.3 is 19.6 Å². The lowest BCUT2D eigenvalue weighted by atomic mass is 9.84. The van der Waals surface area contributed by atoms with E-state index in [1.54, 1.807) is 0 Å². The minimum Gasteiger partial charge on any atom is -0.370 e. The first kappa shape index (κ1) is 34.7. The average molecular weight is 617 g/mol. The molecule has 4 nitrogen and oxygen atoms in total. The Labute approximate surface area is 280 Å². The number of anilines is 4. The Balaban J connectivity index is 2.39. The number of hydrogen-bond acceptors (Lipinski definition) is 4. The molecule has 4 aromatic rings. The van der Waals surface area contributed by atoms with Gasteiger partial charge in [-0.25, -0.2) is 0 Å². The van der Waals surface area contributed by atoms with Gasteiger partial charge in [-0.1, -0.05) is 91.0 Å². The van der Waals surface area contributed by atoms with Crippen molar-refractivity contribution in [3.05, 3.63) is 119 Å². The zero-order valence-electron chi connectivity index (χ0n) is 29.7. The number of hydrogen-bond donors (Lipinski definition) is 0. The molecule has 0 saturated carbocycles. The fourth-order valence-corrected chi connectivity index (χ4v) is 6.89. The third-order valence-corrected chi connectivity index (χ3v) is 9.28. The minimum absolute atomic E-state index is 0.925. The predicted molar refractivity (Wildman–Crippen MR) is 205 cm³/mol. The molecule has 0 aliphatic carbocycles. The zero-order valence-corrected chi connectivity index (χ0v) is 29.7. The Morgan fingerprint density at radius 2 is 0.696 bits per heavy atom. The van der Waals surface area contributed by atoms with Crippen LogP contribution < -0.4 is 19.6 Å². The van der Waals surface area contributed by atoms with Crippen LogP contribution in [-0.4, -0.2) is 52.4 Å². The molecule has 0 heterocycles. The third kappa shape index (κ3) is 7.12. The van der Waals surface area contributed by atoms with E-state index in [4.69, 9.17) is 0 Å². The first-order chi connectivity index (χ1) is 22.5. The summed E-state index contributed by atoms with van der Waals surface area (Å²) in [6.45, 7) is 25.9. The summed E-state index contributed by atoms with van der Waals surface area (Å²) >= 11 is 0. The second-order valence-corrected chi connectivity index (χ2v) is 11.5. The Bertz CT molecular complexity index is 1470. The number of benzene rings is 4. The van der Waals surface area contributed by atoms with E-state index in [9.17, 15) is 0 Å². The Morgan fingerprint density at radius 3 is 1.07 bits per heavy atom. The standard InChI is InChI=1S/C42H56N4/c1-9-43(10-2)37-32-36(40(44(11-3)12-4)42(46(15-7)16-8)41(37)45(13-5)14-6)39(35-30-24-19-25-31-35)38(33-26-20-17-21-27-33)34-28-22-18-23-29-34/h17-32H,9-16H2,1-8H3. The molecule has 0 fully saturated rings. The fraction of sp³-hybridized carbons (Fsp3) is 0.381. The molecule has 0 radical (unpaired) electrons. The highest BCUT2D eigenvalue weighted by molar-refractivity contribution is 6.11. The Morgan fingerprint density at radius 1 is 0.370 bits per heavy atom. The predicted octanol–water partition coefficient (Wildman–Crippen LogP) is 10.1. The van der Waals surface area contributed by atoms with E-state index in [-0.39, 0.29) is 0 Å². The normalized spacial score (nSPS) is 10.9. The summed E-state index contributed by atoms with van der Waals surface area (Å²) in [7, 11) is 0. The first-order valence-corrected chi connectivity index (χ1v) is 17.6. The third-order valence-electron chi connectivity index (χ3n) is 9.28. The lowest BCUT2D eigenvalue weighted by Gasteiger charge is -2.40. The van der Waals surface area contributed by atoms with Gasteiger partial charge in [-0.3, -0.25) is 0 Å². The quantitative estimate of drug-likeness (QED) is 0.116. The van der Waals surface area contributed by atoms with E-state index < -0.39 is 0 Å². The van der Waals surface area contributed by atoms with E-state index in [2.05, 4.69) is 172 Å². The molecule has 0 bridgehead atoms. The summed E-state index contributed by atoms with van der Waals surface area (Å²) in [4.78, 5) is 10.3. The maximum absolute atomic E-state index is 2.60. The molecule has 0 aromatic heterocycles. The van der Waals surface area contributed by atoms with Gasteiger partial charge in [0.25, 0.3) is 0 Å². The van der Waals surface area contributed by atoms with Crippen LogP contribution in [0.2, 0.25) is 0 Å². The summed E-state index contributed by atoms with van der Waals surface area (Å²) in [6, 6.07) is 35.6. The second kappa shape index (κ2) is 16.9. The minimum atomic E-state index is 0.925. The van der Waals surface area contributed by atoms with Crippen LogP contribution in [-0.2, 0) is 0 Å². The van der Waals surface area contributed by atoms with Crippen molar-refractivity contribution in [3.63, 3.8) is 0 Å². The zero-order chi connectivity index (χ0) is 33.1. The van der Waals surface area contributed by atoms with E-state index in [1.807, 2.05) is 0 Å². The van der Waals surface area contributed by atoms with Crippen LogP contribution in [0.15, 0.2) is 97.1 Å². The maximum Gasteiger partial charge on any atom is 0.0869 e. The lowest BCUT2D eigenvalue weighted by molar-refractivity contribution is 0.802. The molecule has 0 atom stereocenters. The van der Waals surface area contributed by atoms with Gasteiger partial charge in [0.15, 0.2) is 0 Å². The van der Waals surface area contributed by atoms with Gasteiger partial charge >= 0.3 is 0 Å². The molecule has 0 aliphatic rings. The molecule has 0 spiro atoms. The topological polar surface area (TPSA) is 13.0 Å². The average Bonchev–Trinajstić information content (AvgIpc) is 3.11. The van der Waals surface area contributed by atoms with Crippen molar-refractivity contribution in [1.82, 2.24) is 0 Å². The summed E-state index contributed by atoms with van der Waals surface area (Å²) in [5, 5.41) is 0. The van der Waals surface area contributed by atoms with Crippen molar-refractivity contribution >= 4 is 33.9 Å². The van der Waals surface area contributed by atoms with Crippen molar-refractivity contribution in [3.8, 4) is 0 Å². The van der Waals surface area contributed by atoms with Crippen LogP contribution in [0.25, 0.3) is 11.1 Å². The highest BCUT2D eigenvalue weighted by atomic mass is 15.3. The molecule has 4 heteroatoms. The molecular weight excluding hydrogens is 560 g/mol. The van der Waals surface area contributed by atoms with Crippen molar-refractivity contribution in [1.29, 1.82) is 0 Å². The van der Waals surface area contributed by atoms with Gasteiger partial charge in [-0.2, -0.15) is 0 Å². The van der Waals surface area contributed by atoms with E-state index >= 15 is 0 Å². The highest BCUT2D eigenvalue weighted by Gasteiger charge is 2.31. The molecule has 244 valence electrons. The Kier molecular flexibility index (Phi) is 12.8. The van der Waals surface area contributed by atoms with Gasteiger partial charge in [0.1, 0.15) is 0 Å². The van der Waals surface area contributed by atoms with Crippen molar-refractivity contribution in [2.24, 2.45) is 0 Å². The van der Waals surface area contributed by atoms with Gasteiger partial charge in [-0.15, -0.1) is 0 Å². The van der Waals surface area contributed by atoms with E-state index in [1.165, 1.54) is 56.1 Å². The van der Waals surface area contributed by atoms with Gasteiger partial charge in [0, 0.05) is 57.9 Å². The molecule has 4 rings (SSSR count). The van der Waals surface area contributed by atoms with E-state index in [0.29, 0.717) is 0 Å². The van der Waals surface area contributed by atoms with Crippen molar-refractivity contribution < 1.29 is 0 Å². The van der Waals surface area contributed by atoms with Crippen LogP contribution in [0.5, 0.6) is 0 Å². The van der Waals surface area contributed by atoms with Crippen LogP contribution in [0.1, 0.15) is 77.6 Å². The van der Waals surface area contributed by atoms with Gasteiger partial charge in [0.2, 0.25) is 0 Å².